The van der Waals surface area contributed by atoms with Gasteiger partial charge in [-0.3, -0.25) is 62.9 Å². The first kappa shape index (κ1) is 77.5. The van der Waals surface area contributed by atoms with Crippen LogP contribution >= 0.6 is 0 Å². The maximum absolute atomic E-state index is 15.0. The van der Waals surface area contributed by atoms with Crippen LogP contribution in [0.1, 0.15) is 115 Å². The fraction of sp³-hybridized carbons (Fsp3) is 0.597. The zero-order chi connectivity index (χ0) is 68.0. The predicted molar refractivity (Wildman–Crippen MR) is 348 cm³/mol. The van der Waals surface area contributed by atoms with Crippen LogP contribution in [-0.4, -0.2) is 184 Å². The number of hydrogen-bond donors (Lipinski definition) is 14. The molecule has 92 heavy (non-hydrogen) atoms. The van der Waals surface area contributed by atoms with Gasteiger partial charge in [-0.05, 0) is 101 Å². The molecule has 1 aliphatic heterocycles. The smallest absolute Gasteiger partial charge is 0.245 e. The Morgan fingerprint density at radius 2 is 1.05 bits per heavy atom. The molecule has 1 heterocycles. The van der Waals surface area contributed by atoms with E-state index in [4.69, 9.17) is 55.3 Å². The molecule has 0 aliphatic carbocycles. The Hall–Kier alpha value is -8.77. The molecule has 30 nitrogen and oxygen atoms in total. The van der Waals surface area contributed by atoms with E-state index in [1.165, 1.54) is 4.90 Å². The molecule has 8 amide bonds. The lowest BCUT2D eigenvalue weighted by atomic mass is 9.87. The molecule has 30 heteroatoms. The van der Waals surface area contributed by atoms with Gasteiger partial charge in [0.25, 0.3) is 0 Å². The highest BCUT2D eigenvalue weighted by Crippen LogP contribution is 2.24. The molecule has 8 atom stereocenters. The van der Waals surface area contributed by atoms with Gasteiger partial charge in [0.1, 0.15) is 24.2 Å². The third-order valence-electron chi connectivity index (χ3n) is 15.0. The number of nitrogens with zero attached hydrogens (tertiary/aromatic N) is 4. The van der Waals surface area contributed by atoms with Crippen molar-refractivity contribution in [3.63, 3.8) is 0 Å². The van der Waals surface area contributed by atoms with Crippen molar-refractivity contribution in [3.05, 3.63) is 71.8 Å². The minimum atomic E-state index is -1.50. The number of likely N-dealkylation sites (tertiary alicyclic amines) is 1. The van der Waals surface area contributed by atoms with Gasteiger partial charge in [-0.2, -0.15) is 0 Å². The fourth-order valence-corrected chi connectivity index (χ4v) is 10.4. The van der Waals surface area contributed by atoms with Gasteiger partial charge in [0, 0.05) is 77.5 Å². The first-order valence-corrected chi connectivity index (χ1v) is 31.3. The van der Waals surface area contributed by atoms with Crippen LogP contribution in [0.15, 0.2) is 75.6 Å². The normalized spacial score (nSPS) is 15.0. The maximum atomic E-state index is 15.0. The topological polar surface area (TPSA) is 510 Å². The fourth-order valence-electron chi connectivity index (χ4n) is 10.4. The van der Waals surface area contributed by atoms with Gasteiger partial charge in [0.2, 0.25) is 47.3 Å². The molecule has 2 aromatic carbocycles. The summed E-state index contributed by atoms with van der Waals surface area (Å²) in [5.41, 5.74) is 45.5. The molecule has 0 radical (unpaired) electrons. The Bertz CT molecular complexity index is 2760. The molecule has 0 aromatic heterocycles. The van der Waals surface area contributed by atoms with Crippen LogP contribution in [0.3, 0.4) is 0 Å². The van der Waals surface area contributed by atoms with E-state index in [1.54, 1.807) is 49.6 Å². The van der Waals surface area contributed by atoms with Crippen molar-refractivity contribution < 1.29 is 57.4 Å². The van der Waals surface area contributed by atoms with E-state index < -0.39 is 114 Å². The zero-order valence-corrected chi connectivity index (χ0v) is 53.5. The lowest BCUT2D eigenvalue weighted by molar-refractivity contribution is -0.143. The van der Waals surface area contributed by atoms with Crippen LogP contribution in [0.4, 0.5) is 0 Å². The molecule has 0 spiro atoms. The summed E-state index contributed by atoms with van der Waals surface area (Å²) in [4.78, 5) is 153. The number of ketones is 2. The van der Waals surface area contributed by atoms with Gasteiger partial charge < -0.3 is 92.1 Å². The molecule has 0 saturated carbocycles. The van der Waals surface area contributed by atoms with Gasteiger partial charge in [-0.25, -0.2) is 0 Å². The Morgan fingerprint density at radius 3 is 1.55 bits per heavy atom. The van der Waals surface area contributed by atoms with Crippen LogP contribution in [0, 0.1) is 17.8 Å². The van der Waals surface area contributed by atoms with E-state index in [-0.39, 0.29) is 127 Å². The number of primary amides is 2. The lowest BCUT2D eigenvalue weighted by Gasteiger charge is -2.31. The second-order valence-corrected chi connectivity index (χ2v) is 23.2. The SMILES string of the molecule is COCCOCCCNCCC(=O)N[C@@H](CCCN=C(N)N)C(=O)C[C@@H](Cc1ccccc1)C(=O)N[C@@H](CC(C)C)C(=O)C[C@@H](Cc1ccccc1)C(=O)N[C@@H](CCCN=C(N)N)C(=O)N1CCC[C@H]1C(=O)N[C@@H](CCCN=C(N)N)C(=O)N[C@@H](CC(N)=O)C(N)=O. The Kier molecular flexibility index (Phi) is 36.3. The third-order valence-corrected chi connectivity index (χ3v) is 15.0. The number of hydrogen-bond acceptors (Lipinski definition) is 16. The number of carbonyl (C=O) groups is 10. The Balaban J connectivity index is 1.96. The summed E-state index contributed by atoms with van der Waals surface area (Å²) in [5, 5.41) is 17.0. The third kappa shape index (κ3) is 31.3. The largest absolute Gasteiger partial charge is 0.382 e. The lowest BCUT2D eigenvalue weighted by Crippen LogP contribution is -2.58. The quantitative estimate of drug-likeness (QED) is 0.0187. The molecule has 1 fully saturated rings. The second-order valence-electron chi connectivity index (χ2n) is 23.2. The molecular formula is C62H100N18O12. The van der Waals surface area contributed by atoms with Crippen molar-refractivity contribution in [1.82, 2.24) is 36.8 Å². The summed E-state index contributed by atoms with van der Waals surface area (Å²) in [7, 11) is 1.59. The minimum Gasteiger partial charge on any atom is -0.382 e. The van der Waals surface area contributed by atoms with Crippen LogP contribution in [-0.2, 0) is 70.3 Å². The minimum absolute atomic E-state index is 0.0227. The molecule has 3 rings (SSSR count). The van der Waals surface area contributed by atoms with E-state index in [0.717, 1.165) is 5.56 Å². The molecule has 2 aromatic rings. The summed E-state index contributed by atoms with van der Waals surface area (Å²) < 4.78 is 10.5. The van der Waals surface area contributed by atoms with E-state index in [0.29, 0.717) is 57.7 Å². The van der Waals surface area contributed by atoms with Gasteiger partial charge in [0.05, 0.1) is 31.7 Å². The van der Waals surface area contributed by atoms with Gasteiger partial charge in [-0.15, -0.1) is 0 Å². The Labute approximate surface area is 538 Å². The van der Waals surface area contributed by atoms with Crippen molar-refractivity contribution in [2.75, 3.05) is 66.2 Å². The van der Waals surface area contributed by atoms with Crippen LogP contribution in [0.5, 0.6) is 0 Å². The molecule has 1 saturated heterocycles. The van der Waals surface area contributed by atoms with Gasteiger partial charge in [-0.1, -0.05) is 74.5 Å². The van der Waals surface area contributed by atoms with E-state index in [9.17, 15) is 47.9 Å². The van der Waals surface area contributed by atoms with E-state index in [2.05, 4.69) is 46.9 Å². The summed E-state index contributed by atoms with van der Waals surface area (Å²) in [6.45, 7) is 6.51. The average Bonchev–Trinajstić information content (AvgIpc) is 1.60. The van der Waals surface area contributed by atoms with Gasteiger partial charge >= 0.3 is 0 Å². The van der Waals surface area contributed by atoms with Crippen LogP contribution < -0.4 is 77.8 Å². The van der Waals surface area contributed by atoms with Crippen molar-refractivity contribution >= 4 is 76.7 Å². The number of benzene rings is 2. The van der Waals surface area contributed by atoms with E-state index in [1.807, 2.05) is 32.0 Å². The predicted octanol–water partition coefficient (Wildman–Crippen LogP) is -2.36. The number of rotatable bonds is 47. The highest BCUT2D eigenvalue weighted by atomic mass is 16.5. The molecule has 0 unspecified atom stereocenters. The van der Waals surface area contributed by atoms with Crippen molar-refractivity contribution in [1.29, 1.82) is 0 Å². The van der Waals surface area contributed by atoms with Crippen LogP contribution in [0.25, 0.3) is 0 Å². The molecule has 1 aliphatic rings. The molecule has 0 bridgehead atoms. The van der Waals surface area contributed by atoms with Crippen molar-refractivity contribution in [2.45, 2.75) is 153 Å². The maximum Gasteiger partial charge on any atom is 0.245 e. The summed E-state index contributed by atoms with van der Waals surface area (Å²) in [6, 6.07) is 10.5. The Morgan fingerprint density at radius 1 is 0.554 bits per heavy atom. The number of nitrogens with two attached hydrogens (primary N) is 8. The molecule has 22 N–H and O–H groups in total. The summed E-state index contributed by atoms with van der Waals surface area (Å²) in [6.07, 6.45) is 0.942. The number of ether oxygens (including phenoxy) is 2. The number of amides is 8. The highest BCUT2D eigenvalue weighted by Gasteiger charge is 2.41. The van der Waals surface area contributed by atoms with Gasteiger partial charge in [0.15, 0.2) is 29.4 Å². The number of carbonyl (C=O) groups excluding carboxylic acids is 10. The standard InChI is InChI=1S/C62H100N18O12/c1-39(2)33-47(78-56(87)42(34-40-15-6-4-7-16-40)36-50(81)44(19-10-25-72-60(65)66)75-53(84)23-28-71-24-14-30-92-32-31-91-3)51(82)37-43(35-41-17-8-5-9-18-41)55(86)77-46(21-12-27-74-62(69)70)59(90)80-29-13-22-49(80)58(89)76-45(20-11-26-73-61(67)68)57(88)79-48(54(64)85)38-52(63)83/h4-9,15-18,39,42-49,71H,10-14,19-38H2,1-3H3,(H2,63,83)(H2,64,85)(H,75,84)(H,76,89)(H,77,86)(H,78,87)(H,79,88)(H4,65,66,72)(H4,67,68,73)(H4,69,70,74)/t42-,43-,44+,45+,46+,47+,48+,49+/m1/s1. The first-order valence-electron chi connectivity index (χ1n) is 31.3. The second kappa shape index (κ2) is 43.1. The van der Waals surface area contributed by atoms with Crippen molar-refractivity contribution in [3.8, 4) is 0 Å². The first-order chi connectivity index (χ1) is 43.9. The average molecular weight is 1290 g/mol. The number of Topliss-reactive ketones (excluding diaryl/α,β-unsaturated/α-hetero) is 2. The monoisotopic (exact) mass is 1290 g/mol. The summed E-state index contributed by atoms with van der Waals surface area (Å²) >= 11 is 0. The number of guanidine groups is 3. The molecular weight excluding hydrogens is 1190 g/mol. The molecule has 510 valence electrons. The number of aliphatic imine (C=N–C) groups is 3. The number of methoxy groups -OCH3 is 1. The van der Waals surface area contributed by atoms with Crippen LogP contribution in [0.2, 0.25) is 0 Å². The van der Waals surface area contributed by atoms with E-state index >= 15 is 0 Å². The van der Waals surface area contributed by atoms with Crippen molar-refractivity contribution in [2.24, 2.45) is 78.6 Å². The highest BCUT2D eigenvalue weighted by molar-refractivity contribution is 5.98. The summed E-state index contributed by atoms with van der Waals surface area (Å²) in [5.74, 6) is -9.70. The number of nitrogens with one attached hydrogen (secondary N) is 6. The zero-order valence-electron chi connectivity index (χ0n) is 53.5.